The highest BCUT2D eigenvalue weighted by Gasteiger charge is 2.56. The molecule has 49 nitrogen and oxygen atoms in total. The predicted octanol–water partition coefficient (Wildman–Crippen LogP) is -1.26. The molecule has 141 heavy (non-hydrogen) atoms. The molecule has 3 heterocycles. The van der Waals surface area contributed by atoms with Crippen molar-refractivity contribution in [3.05, 3.63) is 29.8 Å². The maximum absolute atomic E-state index is 14.5. The minimum atomic E-state index is -1.54. The third kappa shape index (κ3) is 47.5. The molecule has 15 unspecified atom stereocenters. The fraction of sp³-hybridized carbons (Fsp3) is 0.674. The Morgan fingerprint density at radius 1 is 0.319 bits per heavy atom. The normalized spacial score (nSPS) is 20.7. The lowest BCUT2D eigenvalue weighted by Gasteiger charge is -2.44. The summed E-state index contributed by atoms with van der Waals surface area (Å²) in [5.74, 6) is -15.8. The number of amides is 11. The molecule has 4 rings (SSSR count). The molecule has 1 aromatic carbocycles. The molecule has 0 saturated carbocycles. The third-order valence-electron chi connectivity index (χ3n) is 21.4. The Bertz CT molecular complexity index is 4340. The fourth-order valence-corrected chi connectivity index (χ4v) is 15.3. The number of carbonyl (C=O) groups is 24. The summed E-state index contributed by atoms with van der Waals surface area (Å²) in [6.45, 7) is 12.0. The second-order valence-corrected chi connectivity index (χ2v) is 33.5. The quantitative estimate of drug-likeness (QED) is 0.0207. The third-order valence-corrected chi connectivity index (χ3v) is 21.4. The number of benzene rings is 1. The highest BCUT2D eigenvalue weighted by molar-refractivity contribution is 5.91. The van der Waals surface area contributed by atoms with Gasteiger partial charge in [0.1, 0.15) is 99.6 Å². The van der Waals surface area contributed by atoms with Crippen LogP contribution in [0.1, 0.15) is 224 Å². The van der Waals surface area contributed by atoms with Crippen LogP contribution in [-0.2, 0) is 183 Å². The highest BCUT2D eigenvalue weighted by atomic mass is 16.7. The first-order valence-electron chi connectivity index (χ1n) is 46.6. The van der Waals surface area contributed by atoms with Crippen LogP contribution in [0.5, 0.6) is 5.75 Å². The van der Waals surface area contributed by atoms with Crippen LogP contribution >= 0.6 is 0 Å². The number of ketones is 3. The zero-order valence-corrected chi connectivity index (χ0v) is 81.8. The number of para-hydroxylation sites is 1. The van der Waals surface area contributed by atoms with Crippen molar-refractivity contribution in [1.29, 1.82) is 0 Å². The molecule has 10 N–H and O–H groups in total. The molecule has 0 aliphatic carbocycles. The molecular weight excluding hydrogens is 1870 g/mol. The number of nitrogens with one attached hydrogen (secondary N) is 10. The molecule has 49 heteroatoms. The molecule has 11 amide bonds. The summed E-state index contributed by atoms with van der Waals surface area (Å²) in [4.78, 5) is 309. The van der Waals surface area contributed by atoms with Gasteiger partial charge in [0.2, 0.25) is 65.0 Å². The van der Waals surface area contributed by atoms with Crippen LogP contribution in [0.4, 0.5) is 0 Å². The monoisotopic (exact) mass is 2000 g/mol. The Labute approximate surface area is 815 Å². The SMILES string of the molecule is CC(=O)NC1C(C(=O)CCCC(=O)NCCCCC(=O)NCCN(CCNC(=O)CCCCNC(=O)CCCC(=O)C2OC(COC(C)=O)C(OC(C)=O)C(OC(C)=O)C2NC(C)=O)C(=O)CC[C@H](NC(=O)CCCCNC(=O)CCCC(=O)C2OC(COC(C)=O)C(OC(C)=O)C(OC(C)=O)C2NC(C)=O)C(=O)NCCOc2ccccc2COC(C)=O)OC(COC(C)=O)C(OC(C)=O)C1OC(C)=O. The summed E-state index contributed by atoms with van der Waals surface area (Å²) in [6.07, 6.45) is -18.4. The van der Waals surface area contributed by atoms with E-state index in [4.69, 9.17) is 66.3 Å². The van der Waals surface area contributed by atoms with E-state index in [1.165, 1.54) is 11.8 Å². The minimum absolute atomic E-state index is 0.0311. The summed E-state index contributed by atoms with van der Waals surface area (Å²) in [6, 6.07) is 1.14. The number of hydrogen-bond donors (Lipinski definition) is 10. The maximum Gasteiger partial charge on any atom is 0.303 e. The molecule has 3 fully saturated rings. The van der Waals surface area contributed by atoms with Gasteiger partial charge in [0.15, 0.2) is 54.0 Å². The lowest BCUT2D eigenvalue weighted by Crippen LogP contribution is -2.67. The second-order valence-electron chi connectivity index (χ2n) is 33.5. The number of Topliss-reactive ketones (excluding diaryl/α,β-unsaturated/α-hetero) is 3. The molecule has 786 valence electrons. The fourth-order valence-electron chi connectivity index (χ4n) is 15.3. The number of hydrogen-bond acceptors (Lipinski definition) is 38. The van der Waals surface area contributed by atoms with Gasteiger partial charge in [-0.15, -0.1) is 0 Å². The number of rotatable bonds is 62. The average molecular weight is 2000 g/mol. The molecule has 0 radical (unpaired) electrons. The van der Waals surface area contributed by atoms with Gasteiger partial charge in [0.25, 0.3) is 0 Å². The lowest BCUT2D eigenvalue weighted by atomic mass is 9.88. The molecule has 1 aromatic rings. The van der Waals surface area contributed by atoms with E-state index in [0.717, 1.165) is 83.1 Å². The average Bonchev–Trinajstić information content (AvgIpc) is 0.785. The molecule has 0 bridgehead atoms. The minimum Gasteiger partial charge on any atom is -0.491 e. The van der Waals surface area contributed by atoms with Crippen LogP contribution in [0.15, 0.2) is 24.3 Å². The van der Waals surface area contributed by atoms with Crippen molar-refractivity contribution < 1.29 is 181 Å². The summed E-state index contributed by atoms with van der Waals surface area (Å²) in [7, 11) is 0. The first-order valence-corrected chi connectivity index (χ1v) is 46.6. The van der Waals surface area contributed by atoms with Gasteiger partial charge >= 0.3 is 59.7 Å². The molecule has 16 atom stereocenters. The standard InChI is InChI=1S/C92H135N11O38/c1-51(104)99-80-83(139-70(48-130-55(5)108)86(133-58(8)111)89(80)136-61(11)114)66(117)26-22-33-75(122)93-38-19-16-30-73(120)96-41-44-103(45-42-97-74(121)31-17-20-39-94-76(123)34-23-27-67(118)84-81(100-52(2)105)90(137-62(12)115)87(134-59(9)112)71(140-84)49-131-56(6)109)79(126)37-36-65(92(127)98-43-46-128-69-29-15-14-25-64(69)47-129-54(4)107)102-78(125)32-18-21-40-95-77(124)35-24-28-68(119)85-82(101-53(3)106)91(138-63(13)116)88(135-60(10)113)72(141-85)50-132-57(7)110/h14-15,25,29,65,70-72,80-91H,16-24,26-28,30-50H2,1-13H3,(H,93,122)(H,94,123)(H,95,124)(H,96,120)(H,97,121)(H,98,127)(H,99,104)(H,100,105)(H,101,106)(H,102,125)/t65-,70?,71?,72?,80?,81?,82?,83?,84?,85?,86?,87?,88?,89?,90?,91?/m0/s1. The van der Waals surface area contributed by atoms with Gasteiger partial charge in [-0.25, -0.2) is 0 Å². The van der Waals surface area contributed by atoms with Crippen LogP contribution < -0.4 is 57.9 Å². The van der Waals surface area contributed by atoms with E-state index in [2.05, 4.69) is 53.2 Å². The Balaban J connectivity index is 1.44. The van der Waals surface area contributed by atoms with Gasteiger partial charge in [0, 0.05) is 206 Å². The van der Waals surface area contributed by atoms with Crippen LogP contribution in [-0.4, -0.2) is 323 Å². The van der Waals surface area contributed by atoms with Gasteiger partial charge in [-0.1, -0.05) is 18.2 Å². The number of carbonyl (C=O) groups excluding carboxylic acids is 24. The second kappa shape index (κ2) is 64.2. The Hall–Kier alpha value is -13.2. The zero-order chi connectivity index (χ0) is 105. The molecule has 3 aliphatic heterocycles. The van der Waals surface area contributed by atoms with Crippen molar-refractivity contribution in [1.82, 2.24) is 58.1 Å². The van der Waals surface area contributed by atoms with E-state index in [0.29, 0.717) is 24.2 Å². The van der Waals surface area contributed by atoms with E-state index in [1.54, 1.807) is 24.3 Å². The van der Waals surface area contributed by atoms with E-state index in [1.807, 2.05) is 0 Å². The largest absolute Gasteiger partial charge is 0.491 e. The smallest absolute Gasteiger partial charge is 0.303 e. The van der Waals surface area contributed by atoms with Gasteiger partial charge in [-0.05, 0) is 70.3 Å². The number of unbranched alkanes of at least 4 members (excludes halogenated alkanes) is 3. The van der Waals surface area contributed by atoms with Crippen LogP contribution in [0.3, 0.4) is 0 Å². The van der Waals surface area contributed by atoms with Gasteiger partial charge in [-0.2, -0.15) is 0 Å². The summed E-state index contributed by atoms with van der Waals surface area (Å²) in [5, 5.41) is 26.6. The van der Waals surface area contributed by atoms with Crippen LogP contribution in [0, 0.1) is 0 Å². The van der Waals surface area contributed by atoms with E-state index in [9.17, 15) is 115 Å². The number of ether oxygens (including phenoxy) is 14. The predicted molar refractivity (Wildman–Crippen MR) is 483 cm³/mol. The number of nitrogens with zero attached hydrogens (tertiary/aromatic N) is 1. The summed E-state index contributed by atoms with van der Waals surface area (Å²) >= 11 is 0. The Morgan fingerprint density at radius 2 is 0.624 bits per heavy atom. The Morgan fingerprint density at radius 3 is 0.943 bits per heavy atom. The van der Waals surface area contributed by atoms with Crippen molar-refractivity contribution in [2.45, 2.75) is 322 Å². The van der Waals surface area contributed by atoms with E-state index >= 15 is 0 Å². The van der Waals surface area contributed by atoms with E-state index < -0.39 is 266 Å². The molecule has 0 aromatic heterocycles. The molecule has 3 saturated heterocycles. The molecule has 0 spiro atoms. The van der Waals surface area contributed by atoms with E-state index in [-0.39, 0.29) is 175 Å². The van der Waals surface area contributed by atoms with Crippen molar-refractivity contribution in [2.24, 2.45) is 0 Å². The van der Waals surface area contributed by atoms with Crippen LogP contribution in [0.2, 0.25) is 0 Å². The van der Waals surface area contributed by atoms with Gasteiger partial charge in [0.05, 0.1) is 6.54 Å². The van der Waals surface area contributed by atoms with Crippen molar-refractivity contribution in [3.63, 3.8) is 0 Å². The first-order chi connectivity index (χ1) is 66.7. The van der Waals surface area contributed by atoms with Crippen molar-refractivity contribution >= 4 is 142 Å². The highest BCUT2D eigenvalue weighted by Crippen LogP contribution is 2.33. The summed E-state index contributed by atoms with van der Waals surface area (Å²) < 4.78 is 77.0. The topological polar surface area (TPSA) is 662 Å². The Kier molecular flexibility index (Phi) is 54.7. The number of esters is 10. The van der Waals surface area contributed by atoms with Crippen LogP contribution in [0.25, 0.3) is 0 Å². The maximum atomic E-state index is 14.5. The molecular formula is C92H135N11O38. The summed E-state index contributed by atoms with van der Waals surface area (Å²) in [5.41, 5.74) is 0.519. The first kappa shape index (κ1) is 120. The van der Waals surface area contributed by atoms with Gasteiger partial charge in [-0.3, -0.25) is 115 Å². The zero-order valence-electron chi connectivity index (χ0n) is 81.8. The lowest BCUT2D eigenvalue weighted by molar-refractivity contribution is -0.222. The van der Waals surface area contributed by atoms with Gasteiger partial charge < -0.3 is 124 Å². The van der Waals surface area contributed by atoms with Crippen molar-refractivity contribution in [2.75, 3.05) is 78.8 Å². The van der Waals surface area contributed by atoms with Crippen molar-refractivity contribution in [3.8, 4) is 5.75 Å². The molecule has 3 aliphatic rings.